The van der Waals surface area contributed by atoms with Crippen molar-refractivity contribution in [3.05, 3.63) is 41.3 Å². The Hall–Kier alpha value is -2.19. The molecule has 2 aliphatic rings. The number of rotatable bonds is 11. The number of amides is 1. The summed E-state index contributed by atoms with van der Waals surface area (Å²) in [5.74, 6) is -0.899. The van der Waals surface area contributed by atoms with E-state index < -0.39 is 17.5 Å². The number of unbranched alkanes of at least 4 members (excludes halogenated alkanes) is 1. The smallest absolute Gasteiger partial charge is 0.292 e. The summed E-state index contributed by atoms with van der Waals surface area (Å²) in [6, 6.07) is 2.96. The van der Waals surface area contributed by atoms with E-state index in [-0.39, 0.29) is 11.4 Å². The first-order valence-corrected chi connectivity index (χ1v) is 10.8. The molecule has 3 rings (SSSR count). The Kier molecular flexibility index (Phi) is 8.45. The van der Waals surface area contributed by atoms with E-state index in [0.29, 0.717) is 13.2 Å². The lowest BCUT2D eigenvalue weighted by Crippen LogP contribution is -2.45. The van der Waals surface area contributed by atoms with E-state index in [1.165, 1.54) is 19.3 Å². The van der Waals surface area contributed by atoms with Crippen LogP contribution in [0.4, 0.5) is 14.5 Å². The summed E-state index contributed by atoms with van der Waals surface area (Å²) in [5.41, 5.74) is 0.826. The van der Waals surface area contributed by atoms with Gasteiger partial charge in [0, 0.05) is 44.5 Å². The molecule has 1 aliphatic carbocycles. The van der Waals surface area contributed by atoms with Gasteiger partial charge in [0.2, 0.25) is 5.76 Å². The molecule has 2 fully saturated rings. The highest BCUT2D eigenvalue weighted by Gasteiger charge is 2.24. The Morgan fingerprint density at radius 2 is 1.87 bits per heavy atom. The molecule has 1 aliphatic heterocycles. The van der Waals surface area contributed by atoms with E-state index in [0.717, 1.165) is 68.8 Å². The fourth-order valence-electron chi connectivity index (χ4n) is 3.65. The number of halogens is 2. The molecule has 6 nitrogen and oxygen atoms in total. The SMILES string of the molecule is CNC/C(=C(/OCCCCC1CC1)C(=O)Nc1cc(F)cc(F)c1)N1CCNCC1. The van der Waals surface area contributed by atoms with Crippen LogP contribution in [0.1, 0.15) is 32.1 Å². The number of piperazine rings is 1. The first-order chi connectivity index (χ1) is 14.6. The van der Waals surface area contributed by atoms with Gasteiger partial charge in [0.15, 0.2) is 0 Å². The van der Waals surface area contributed by atoms with Crippen molar-refractivity contribution in [3.63, 3.8) is 0 Å². The summed E-state index contributed by atoms with van der Waals surface area (Å²) in [6.45, 7) is 4.05. The molecule has 0 atom stereocenters. The lowest BCUT2D eigenvalue weighted by Gasteiger charge is -2.32. The Labute approximate surface area is 177 Å². The summed E-state index contributed by atoms with van der Waals surface area (Å²) in [7, 11) is 1.81. The van der Waals surface area contributed by atoms with E-state index in [4.69, 9.17) is 4.74 Å². The normalized spacial score (nSPS) is 17.5. The lowest BCUT2D eigenvalue weighted by atomic mass is 10.2. The van der Waals surface area contributed by atoms with E-state index >= 15 is 0 Å². The van der Waals surface area contributed by atoms with Crippen molar-refractivity contribution in [1.29, 1.82) is 0 Å². The van der Waals surface area contributed by atoms with E-state index in [1.54, 1.807) is 0 Å². The van der Waals surface area contributed by atoms with Gasteiger partial charge >= 0.3 is 0 Å². The van der Waals surface area contributed by atoms with Gasteiger partial charge in [0.05, 0.1) is 12.3 Å². The third-order valence-corrected chi connectivity index (χ3v) is 5.38. The Morgan fingerprint density at radius 3 is 2.50 bits per heavy atom. The second-order valence-electron chi connectivity index (χ2n) is 7.94. The van der Waals surface area contributed by atoms with Crippen LogP contribution in [0.5, 0.6) is 0 Å². The van der Waals surface area contributed by atoms with Crippen LogP contribution in [0.25, 0.3) is 0 Å². The van der Waals surface area contributed by atoms with Crippen molar-refractivity contribution < 1.29 is 18.3 Å². The number of ether oxygens (including phenoxy) is 1. The molecule has 3 N–H and O–H groups in total. The number of nitrogens with zero attached hydrogens (tertiary/aromatic N) is 1. The van der Waals surface area contributed by atoms with E-state index in [1.807, 2.05) is 7.05 Å². The third-order valence-electron chi connectivity index (χ3n) is 5.38. The summed E-state index contributed by atoms with van der Waals surface area (Å²) in [4.78, 5) is 15.2. The van der Waals surface area contributed by atoms with Crippen LogP contribution in [-0.4, -0.2) is 57.2 Å². The second-order valence-corrected chi connectivity index (χ2v) is 7.94. The van der Waals surface area contributed by atoms with Crippen LogP contribution in [0, 0.1) is 17.6 Å². The number of carbonyl (C=O) groups is 1. The van der Waals surface area contributed by atoms with Gasteiger partial charge in [0.25, 0.3) is 5.91 Å². The number of carbonyl (C=O) groups excluding carboxylic acids is 1. The number of hydrogen-bond acceptors (Lipinski definition) is 5. The van der Waals surface area contributed by atoms with Crippen LogP contribution >= 0.6 is 0 Å². The van der Waals surface area contributed by atoms with E-state index in [9.17, 15) is 13.6 Å². The highest BCUT2D eigenvalue weighted by Crippen LogP contribution is 2.33. The topological polar surface area (TPSA) is 65.6 Å². The predicted molar refractivity (Wildman–Crippen MR) is 113 cm³/mol. The van der Waals surface area contributed by atoms with Gasteiger partial charge in [-0.1, -0.05) is 19.3 Å². The Balaban J connectivity index is 1.75. The average molecular weight is 423 g/mol. The second kappa shape index (κ2) is 11.3. The summed E-state index contributed by atoms with van der Waals surface area (Å²) in [6.07, 6.45) is 5.81. The van der Waals surface area contributed by atoms with Crippen LogP contribution < -0.4 is 16.0 Å². The number of anilines is 1. The van der Waals surface area contributed by atoms with Crippen LogP contribution in [-0.2, 0) is 9.53 Å². The molecule has 0 bridgehead atoms. The molecule has 1 saturated carbocycles. The van der Waals surface area contributed by atoms with Crippen LogP contribution in [0.3, 0.4) is 0 Å². The van der Waals surface area contributed by atoms with E-state index in [2.05, 4.69) is 20.9 Å². The molecule has 0 radical (unpaired) electrons. The summed E-state index contributed by atoms with van der Waals surface area (Å²) < 4.78 is 33.1. The molecule has 30 heavy (non-hydrogen) atoms. The van der Waals surface area contributed by atoms with Gasteiger partial charge in [-0.15, -0.1) is 0 Å². The minimum Gasteiger partial charge on any atom is -0.487 e. The molecule has 1 saturated heterocycles. The first kappa shape index (κ1) is 22.5. The van der Waals surface area contributed by atoms with Crippen molar-refractivity contribution in [3.8, 4) is 0 Å². The van der Waals surface area contributed by atoms with Crippen molar-refractivity contribution in [2.75, 3.05) is 51.7 Å². The van der Waals surface area contributed by atoms with Crippen molar-refractivity contribution in [2.24, 2.45) is 5.92 Å². The highest BCUT2D eigenvalue weighted by molar-refractivity contribution is 6.02. The monoisotopic (exact) mass is 422 g/mol. The molecule has 1 heterocycles. The Morgan fingerprint density at radius 1 is 1.17 bits per heavy atom. The molecule has 1 aromatic carbocycles. The molecule has 166 valence electrons. The predicted octanol–water partition coefficient (Wildman–Crippen LogP) is 2.84. The first-order valence-electron chi connectivity index (χ1n) is 10.8. The number of benzene rings is 1. The van der Waals surface area contributed by atoms with Crippen LogP contribution in [0.2, 0.25) is 0 Å². The molecule has 8 heteroatoms. The summed E-state index contributed by atoms with van der Waals surface area (Å²) in [5, 5.41) is 9.01. The zero-order valence-corrected chi connectivity index (χ0v) is 17.6. The molecular formula is C22H32F2N4O2. The third kappa shape index (κ3) is 6.95. The van der Waals surface area contributed by atoms with Crippen molar-refractivity contribution in [1.82, 2.24) is 15.5 Å². The zero-order valence-electron chi connectivity index (χ0n) is 17.6. The number of nitrogens with one attached hydrogen (secondary N) is 3. The van der Waals surface area contributed by atoms with Crippen LogP contribution in [0.15, 0.2) is 29.7 Å². The van der Waals surface area contributed by atoms with Gasteiger partial charge in [-0.25, -0.2) is 8.78 Å². The summed E-state index contributed by atoms with van der Waals surface area (Å²) >= 11 is 0. The van der Waals surface area contributed by atoms with Gasteiger partial charge in [-0.3, -0.25) is 4.79 Å². The largest absolute Gasteiger partial charge is 0.487 e. The number of hydrogen-bond donors (Lipinski definition) is 3. The van der Waals surface area contributed by atoms with Gasteiger partial charge < -0.3 is 25.6 Å². The van der Waals surface area contributed by atoms with Gasteiger partial charge in [0.1, 0.15) is 11.6 Å². The standard InChI is InChI=1S/C22H32F2N4O2/c1-25-15-20(28-9-7-26-8-10-28)21(30-11-3-2-4-16-5-6-16)22(29)27-19-13-17(23)12-18(24)14-19/h12-14,16,25-26H,2-11,15H2,1H3,(H,27,29)/b21-20-. The Bertz CT molecular complexity index is 726. The average Bonchev–Trinajstić information content (AvgIpc) is 3.53. The molecule has 0 spiro atoms. The van der Waals surface area contributed by atoms with Gasteiger partial charge in [-0.05, 0) is 37.9 Å². The maximum Gasteiger partial charge on any atom is 0.292 e. The fourth-order valence-corrected chi connectivity index (χ4v) is 3.65. The van der Waals surface area contributed by atoms with Crippen molar-refractivity contribution >= 4 is 11.6 Å². The molecule has 0 aromatic heterocycles. The minimum atomic E-state index is -0.741. The molecule has 0 unspecified atom stereocenters. The molecular weight excluding hydrogens is 390 g/mol. The maximum absolute atomic E-state index is 13.5. The highest BCUT2D eigenvalue weighted by atomic mass is 19.1. The quantitative estimate of drug-likeness (QED) is 0.291. The maximum atomic E-state index is 13.5. The fraction of sp³-hybridized carbons (Fsp3) is 0.591. The number of likely N-dealkylation sites (N-methyl/N-ethyl adjacent to an activating group) is 1. The molecule has 1 amide bonds. The van der Waals surface area contributed by atoms with Gasteiger partial charge in [-0.2, -0.15) is 0 Å². The molecule has 1 aromatic rings. The van der Waals surface area contributed by atoms with Crippen molar-refractivity contribution in [2.45, 2.75) is 32.1 Å². The zero-order chi connectivity index (χ0) is 21.3. The minimum absolute atomic E-state index is 0.0662. The lowest BCUT2D eigenvalue weighted by molar-refractivity contribution is -0.116.